The number of ether oxygens (including phenoxy) is 2. The fraction of sp³-hybridized carbons (Fsp3) is 0.148. The molecule has 6 nitrogen and oxygen atoms in total. The predicted molar refractivity (Wildman–Crippen MR) is 135 cm³/mol. The van der Waals surface area contributed by atoms with Gasteiger partial charge in [-0.1, -0.05) is 34.1 Å². The first kappa shape index (κ1) is 25.7. The summed E-state index contributed by atoms with van der Waals surface area (Å²) in [4.78, 5) is 24.2. The van der Waals surface area contributed by atoms with Crippen LogP contribution in [0.25, 0.3) is 6.08 Å². The first-order valence-corrected chi connectivity index (χ1v) is 11.5. The van der Waals surface area contributed by atoms with Crippen molar-refractivity contribution < 1.29 is 23.5 Å². The first-order valence-electron chi connectivity index (χ1n) is 10.7. The summed E-state index contributed by atoms with van der Waals surface area (Å²) in [6.45, 7) is 2.22. The fourth-order valence-electron chi connectivity index (χ4n) is 3.32. The molecule has 0 aliphatic rings. The number of halogens is 2. The second kappa shape index (κ2) is 12.0. The summed E-state index contributed by atoms with van der Waals surface area (Å²) < 4.78 is 25.3. The molecule has 3 rings (SSSR count). The van der Waals surface area contributed by atoms with Crippen molar-refractivity contribution in [2.24, 2.45) is 0 Å². The van der Waals surface area contributed by atoms with Gasteiger partial charge in [0, 0.05) is 22.1 Å². The topological polar surface area (TPSA) is 88.4 Å². The van der Waals surface area contributed by atoms with Crippen LogP contribution in [0.2, 0.25) is 0 Å². The van der Waals surface area contributed by atoms with Gasteiger partial charge in [-0.3, -0.25) is 4.79 Å². The zero-order valence-electron chi connectivity index (χ0n) is 19.1. The molecule has 35 heavy (non-hydrogen) atoms. The van der Waals surface area contributed by atoms with Crippen molar-refractivity contribution in [1.29, 1.82) is 5.26 Å². The van der Waals surface area contributed by atoms with Gasteiger partial charge in [-0.2, -0.15) is 5.26 Å². The van der Waals surface area contributed by atoms with E-state index in [4.69, 9.17) is 4.74 Å². The van der Waals surface area contributed by atoms with Crippen LogP contribution in [0.3, 0.4) is 0 Å². The third-order valence-electron chi connectivity index (χ3n) is 5.04. The highest BCUT2D eigenvalue weighted by Crippen LogP contribution is 2.33. The summed E-state index contributed by atoms with van der Waals surface area (Å²) in [6.07, 6.45) is 1.75. The van der Waals surface area contributed by atoms with E-state index in [0.717, 1.165) is 5.56 Å². The number of hydrogen-bond donors (Lipinski definition) is 1. The van der Waals surface area contributed by atoms with Crippen LogP contribution < -0.4 is 10.1 Å². The van der Waals surface area contributed by atoms with Gasteiger partial charge in [0.2, 0.25) is 0 Å². The van der Waals surface area contributed by atoms with E-state index in [9.17, 15) is 19.2 Å². The molecule has 1 N–H and O–H groups in total. The number of esters is 1. The summed E-state index contributed by atoms with van der Waals surface area (Å²) in [5, 5.41) is 12.2. The van der Waals surface area contributed by atoms with E-state index in [2.05, 4.69) is 26.0 Å². The Morgan fingerprint density at radius 2 is 1.86 bits per heavy atom. The van der Waals surface area contributed by atoms with Gasteiger partial charge in [0.15, 0.2) is 0 Å². The summed E-state index contributed by atoms with van der Waals surface area (Å²) in [7, 11) is 1.28. The molecule has 0 aliphatic carbocycles. The highest BCUT2D eigenvalue weighted by atomic mass is 79.9. The molecule has 0 spiro atoms. The number of nitriles is 1. The molecule has 0 fully saturated rings. The van der Waals surface area contributed by atoms with E-state index in [-0.39, 0.29) is 11.4 Å². The van der Waals surface area contributed by atoms with Gasteiger partial charge < -0.3 is 14.8 Å². The smallest absolute Gasteiger partial charge is 0.337 e. The van der Waals surface area contributed by atoms with Crippen molar-refractivity contribution in [1.82, 2.24) is 0 Å². The molecule has 1 amide bonds. The van der Waals surface area contributed by atoms with Crippen LogP contribution in [0.5, 0.6) is 5.75 Å². The minimum absolute atomic E-state index is 0.127. The van der Waals surface area contributed by atoms with E-state index in [0.29, 0.717) is 45.6 Å². The zero-order chi connectivity index (χ0) is 25.4. The van der Waals surface area contributed by atoms with Crippen LogP contribution in [0.4, 0.5) is 10.1 Å². The van der Waals surface area contributed by atoms with Crippen molar-refractivity contribution >= 4 is 39.6 Å². The lowest BCUT2D eigenvalue weighted by molar-refractivity contribution is -0.112. The van der Waals surface area contributed by atoms with Gasteiger partial charge in [-0.05, 0) is 66.6 Å². The maximum atomic E-state index is 14.2. The number of hydrogen-bond acceptors (Lipinski definition) is 5. The van der Waals surface area contributed by atoms with Gasteiger partial charge in [-0.15, -0.1) is 0 Å². The predicted octanol–water partition coefficient (Wildman–Crippen LogP) is 5.91. The molecule has 0 unspecified atom stereocenters. The van der Waals surface area contributed by atoms with E-state index in [1.54, 1.807) is 42.5 Å². The van der Waals surface area contributed by atoms with Gasteiger partial charge in [-0.25, -0.2) is 9.18 Å². The lowest BCUT2D eigenvalue weighted by Crippen LogP contribution is -2.13. The van der Waals surface area contributed by atoms with Gasteiger partial charge in [0.1, 0.15) is 23.2 Å². The highest BCUT2D eigenvalue weighted by molar-refractivity contribution is 9.10. The molecular weight excluding hydrogens is 515 g/mol. The molecule has 0 atom stereocenters. The molecule has 3 aromatic carbocycles. The monoisotopic (exact) mass is 536 g/mol. The van der Waals surface area contributed by atoms with Gasteiger partial charge >= 0.3 is 5.97 Å². The average molecular weight is 537 g/mol. The van der Waals surface area contributed by atoms with E-state index < -0.39 is 11.9 Å². The number of anilines is 1. The average Bonchev–Trinajstić information content (AvgIpc) is 2.85. The number of methoxy groups -OCH3 is 1. The van der Waals surface area contributed by atoms with Crippen molar-refractivity contribution in [2.45, 2.75) is 13.3 Å². The molecule has 0 saturated heterocycles. The number of amides is 1. The maximum Gasteiger partial charge on any atom is 0.337 e. The highest BCUT2D eigenvalue weighted by Gasteiger charge is 2.15. The summed E-state index contributed by atoms with van der Waals surface area (Å²) >= 11 is 3.52. The largest absolute Gasteiger partial charge is 0.494 e. The molecule has 0 aliphatic heterocycles. The molecule has 0 radical (unpaired) electrons. The van der Waals surface area contributed by atoms with Crippen molar-refractivity contribution in [3.63, 3.8) is 0 Å². The van der Waals surface area contributed by atoms with Gasteiger partial charge in [0.05, 0.1) is 19.3 Å². The number of benzene rings is 3. The third kappa shape index (κ3) is 6.55. The third-order valence-corrected chi connectivity index (χ3v) is 5.75. The molecule has 3 aromatic rings. The Bertz CT molecular complexity index is 1310. The molecule has 8 heteroatoms. The summed E-state index contributed by atoms with van der Waals surface area (Å²) in [5.74, 6) is -0.890. The first-order chi connectivity index (χ1) is 16.9. The fourth-order valence-corrected chi connectivity index (χ4v) is 3.92. The minimum atomic E-state index is -0.608. The van der Waals surface area contributed by atoms with Crippen LogP contribution in [0, 0.1) is 17.1 Å². The second-order valence-electron chi connectivity index (χ2n) is 7.37. The van der Waals surface area contributed by atoms with Crippen LogP contribution >= 0.6 is 15.9 Å². The lowest BCUT2D eigenvalue weighted by atomic mass is 10.0. The van der Waals surface area contributed by atoms with Crippen LogP contribution in [-0.2, 0) is 16.0 Å². The number of rotatable bonds is 8. The number of carbonyl (C=O) groups is 2. The van der Waals surface area contributed by atoms with E-state index >= 15 is 0 Å². The molecule has 0 bridgehead atoms. The van der Waals surface area contributed by atoms with Crippen LogP contribution in [0.1, 0.15) is 34.0 Å². The Hall–Kier alpha value is -3.96. The second-order valence-corrected chi connectivity index (χ2v) is 8.23. The SMILES string of the molecule is CCOc1cc(/C=C(\C#N)C(=O)Nc2ccc(C(=O)OC)cc2)cc(Br)c1Cc1ccccc1F. The Kier molecular flexibility index (Phi) is 8.76. The zero-order valence-corrected chi connectivity index (χ0v) is 20.7. The Morgan fingerprint density at radius 3 is 2.49 bits per heavy atom. The summed E-state index contributed by atoms with van der Waals surface area (Å²) in [5.41, 5.74) is 2.46. The Balaban J connectivity index is 1.87. The standard InChI is InChI=1S/C27H22BrFN2O4/c1-3-35-25-14-17(13-23(28)22(25)15-19-6-4-5-7-24(19)29)12-20(16-30)26(32)31-21-10-8-18(9-11-21)27(33)34-2/h4-14H,3,15H2,1-2H3,(H,31,32)/b20-12+. The minimum Gasteiger partial charge on any atom is -0.494 e. The van der Waals surface area contributed by atoms with Crippen molar-refractivity contribution in [2.75, 3.05) is 19.0 Å². The molecule has 0 saturated carbocycles. The normalized spacial score (nSPS) is 10.9. The maximum absolute atomic E-state index is 14.2. The van der Waals surface area contributed by atoms with E-state index in [1.165, 1.54) is 31.4 Å². The summed E-state index contributed by atoms with van der Waals surface area (Å²) in [6, 6.07) is 18.0. The van der Waals surface area contributed by atoms with Crippen LogP contribution in [0.15, 0.2) is 70.7 Å². The molecular formula is C27H22BrFN2O4. The molecule has 0 aromatic heterocycles. The lowest BCUT2D eigenvalue weighted by Gasteiger charge is -2.14. The molecule has 0 heterocycles. The Morgan fingerprint density at radius 1 is 1.14 bits per heavy atom. The quantitative estimate of drug-likeness (QED) is 0.219. The van der Waals surface area contributed by atoms with Crippen molar-refractivity contribution in [3.8, 4) is 11.8 Å². The molecule has 178 valence electrons. The van der Waals surface area contributed by atoms with Crippen LogP contribution in [-0.4, -0.2) is 25.6 Å². The van der Waals surface area contributed by atoms with Gasteiger partial charge in [0.25, 0.3) is 5.91 Å². The number of nitrogens with one attached hydrogen (secondary N) is 1. The number of nitrogens with zero attached hydrogens (tertiary/aromatic N) is 1. The number of carbonyl (C=O) groups excluding carboxylic acids is 2. The van der Waals surface area contributed by atoms with E-state index in [1.807, 2.05) is 13.0 Å². The van der Waals surface area contributed by atoms with Crippen molar-refractivity contribution in [3.05, 3.63) is 98.8 Å². The Labute approximate surface area is 211 Å².